The summed E-state index contributed by atoms with van der Waals surface area (Å²) in [5, 5.41) is 7.83. The van der Waals surface area contributed by atoms with Crippen molar-refractivity contribution in [1.82, 2.24) is 14.4 Å². The predicted molar refractivity (Wildman–Crippen MR) is 109 cm³/mol. The van der Waals surface area contributed by atoms with E-state index >= 15 is 0 Å². The molecule has 1 N–H and O–H groups in total. The van der Waals surface area contributed by atoms with Crippen LogP contribution in [0.15, 0.2) is 38.4 Å². The summed E-state index contributed by atoms with van der Waals surface area (Å²) in [7, 11) is -3.83. The number of hydrogen-bond donors (Lipinski definition) is 1. The molecular weight excluding hydrogens is 450 g/mol. The summed E-state index contributed by atoms with van der Waals surface area (Å²) in [6, 6.07) is 4.32. The Morgan fingerprint density at radius 1 is 1.32 bits per heavy atom. The van der Waals surface area contributed by atoms with Crippen LogP contribution in [-0.2, 0) is 14.8 Å². The molecule has 1 aromatic carbocycles. The minimum Gasteiger partial charge on any atom is -0.339 e. The summed E-state index contributed by atoms with van der Waals surface area (Å²) in [5.74, 6) is -2.15. The first kappa shape index (κ1) is 21.5. The summed E-state index contributed by atoms with van der Waals surface area (Å²) >= 11 is 1.03. The van der Waals surface area contributed by atoms with Crippen molar-refractivity contribution in [2.45, 2.75) is 24.0 Å². The van der Waals surface area contributed by atoms with Crippen molar-refractivity contribution in [1.29, 1.82) is 0 Å². The van der Waals surface area contributed by atoms with Gasteiger partial charge < -0.3 is 9.84 Å². The largest absolute Gasteiger partial charge is 0.339 e. The second-order valence-electron chi connectivity index (χ2n) is 7.11. The van der Waals surface area contributed by atoms with Gasteiger partial charge >= 0.3 is 0 Å². The van der Waals surface area contributed by atoms with Gasteiger partial charge in [-0.15, -0.1) is 11.3 Å². The third-order valence-corrected chi connectivity index (χ3v) is 8.18. The zero-order valence-electron chi connectivity index (χ0n) is 16.3. The van der Waals surface area contributed by atoms with Gasteiger partial charge in [0.05, 0.1) is 11.6 Å². The molecule has 8 nitrogen and oxygen atoms in total. The van der Waals surface area contributed by atoms with Crippen LogP contribution in [0.1, 0.15) is 18.7 Å². The molecule has 1 aliphatic heterocycles. The Bertz CT molecular complexity index is 1230. The summed E-state index contributed by atoms with van der Waals surface area (Å²) in [6.45, 7) is 1.87. The van der Waals surface area contributed by atoms with E-state index in [9.17, 15) is 22.0 Å². The molecule has 0 radical (unpaired) electrons. The molecular formula is C19H18F2N4O4S2. The quantitative estimate of drug-likeness (QED) is 0.615. The molecule has 1 unspecified atom stereocenters. The van der Waals surface area contributed by atoms with Gasteiger partial charge in [-0.05, 0) is 31.0 Å². The number of hydrogen-bond acceptors (Lipinski definition) is 7. The number of rotatable bonds is 5. The van der Waals surface area contributed by atoms with Gasteiger partial charge in [-0.1, -0.05) is 5.16 Å². The lowest BCUT2D eigenvalue weighted by atomic mass is 9.98. The average molecular weight is 469 g/mol. The van der Waals surface area contributed by atoms with E-state index in [-0.39, 0.29) is 23.0 Å². The smallest absolute Gasteiger partial charge is 0.252 e. The number of benzene rings is 1. The fourth-order valence-electron chi connectivity index (χ4n) is 3.31. The first-order chi connectivity index (χ1) is 14.7. The topological polar surface area (TPSA) is 105 Å². The van der Waals surface area contributed by atoms with Gasteiger partial charge in [0, 0.05) is 37.0 Å². The summed E-state index contributed by atoms with van der Waals surface area (Å²) in [6.07, 6.45) is 0.935. The number of nitrogens with one attached hydrogen (secondary N) is 1. The third kappa shape index (κ3) is 4.50. The number of carbonyl (C=O) groups is 1. The number of aryl methyl sites for hydroxylation is 1. The molecule has 4 rings (SSSR count). The molecule has 3 heterocycles. The maximum atomic E-state index is 13.8. The van der Waals surface area contributed by atoms with Gasteiger partial charge in [-0.2, -0.15) is 9.29 Å². The number of halogens is 2. The molecule has 0 aliphatic carbocycles. The van der Waals surface area contributed by atoms with Crippen LogP contribution < -0.4 is 5.32 Å². The number of anilines is 1. The monoisotopic (exact) mass is 468 g/mol. The number of piperidine rings is 1. The molecule has 164 valence electrons. The van der Waals surface area contributed by atoms with Crippen LogP contribution >= 0.6 is 11.3 Å². The Hall–Kier alpha value is -2.70. The van der Waals surface area contributed by atoms with Crippen molar-refractivity contribution >= 4 is 33.0 Å². The van der Waals surface area contributed by atoms with Crippen molar-refractivity contribution in [2.75, 3.05) is 18.4 Å². The van der Waals surface area contributed by atoms with Crippen molar-refractivity contribution in [2.24, 2.45) is 5.92 Å². The Balaban J connectivity index is 1.48. The first-order valence-corrected chi connectivity index (χ1v) is 11.7. The van der Waals surface area contributed by atoms with Crippen LogP contribution in [0.3, 0.4) is 0 Å². The Labute approximate surface area is 180 Å². The normalized spacial score (nSPS) is 17.6. The fourth-order valence-corrected chi connectivity index (χ4v) is 6.15. The highest BCUT2D eigenvalue weighted by atomic mass is 32.2. The number of aromatic nitrogens is 2. The van der Waals surface area contributed by atoms with E-state index < -0.39 is 33.5 Å². The van der Waals surface area contributed by atoms with Crippen LogP contribution in [0.25, 0.3) is 11.4 Å². The van der Waals surface area contributed by atoms with E-state index in [1.165, 1.54) is 10.4 Å². The van der Waals surface area contributed by atoms with Crippen LogP contribution in [0.2, 0.25) is 0 Å². The number of nitrogens with zero attached hydrogens (tertiary/aromatic N) is 3. The van der Waals surface area contributed by atoms with Gasteiger partial charge in [0.25, 0.3) is 10.0 Å². The van der Waals surface area contributed by atoms with Gasteiger partial charge in [0.15, 0.2) is 0 Å². The Morgan fingerprint density at radius 3 is 2.84 bits per heavy atom. The van der Waals surface area contributed by atoms with Crippen LogP contribution in [0, 0.1) is 24.5 Å². The van der Waals surface area contributed by atoms with Crippen LogP contribution in [0.4, 0.5) is 14.5 Å². The molecule has 2 aromatic heterocycles. The van der Waals surface area contributed by atoms with E-state index in [1.54, 1.807) is 12.3 Å². The summed E-state index contributed by atoms with van der Waals surface area (Å²) in [4.78, 5) is 16.7. The molecule has 1 amide bonds. The average Bonchev–Trinajstić information content (AvgIpc) is 3.39. The highest BCUT2D eigenvalue weighted by Gasteiger charge is 2.34. The van der Waals surface area contributed by atoms with Crippen molar-refractivity contribution < 1.29 is 26.5 Å². The van der Waals surface area contributed by atoms with Crippen molar-refractivity contribution in [3.05, 3.63) is 47.2 Å². The number of thiophene rings is 1. The Kier molecular flexibility index (Phi) is 5.86. The zero-order valence-corrected chi connectivity index (χ0v) is 18.0. The molecule has 0 saturated carbocycles. The maximum Gasteiger partial charge on any atom is 0.252 e. The maximum absolute atomic E-state index is 13.8. The lowest BCUT2D eigenvalue weighted by molar-refractivity contribution is -0.120. The third-order valence-electron chi connectivity index (χ3n) is 4.90. The van der Waals surface area contributed by atoms with Crippen LogP contribution in [-0.4, -0.2) is 41.9 Å². The fraction of sp³-hybridized carbons (Fsp3) is 0.316. The van der Waals surface area contributed by atoms with Gasteiger partial charge in [0.2, 0.25) is 17.6 Å². The van der Waals surface area contributed by atoms with Crippen molar-refractivity contribution in [3.63, 3.8) is 0 Å². The SMILES string of the molecule is Cc1nc(-c2csc(S(=O)(=O)N3CCCC(C(=O)Nc4ccc(F)cc4F)C3)c2)no1. The lowest BCUT2D eigenvalue weighted by Gasteiger charge is -2.30. The molecule has 12 heteroatoms. The minimum absolute atomic E-state index is 0.0362. The molecule has 0 bridgehead atoms. The van der Waals surface area contributed by atoms with Gasteiger partial charge in [-0.3, -0.25) is 4.79 Å². The zero-order chi connectivity index (χ0) is 22.2. The lowest BCUT2D eigenvalue weighted by Crippen LogP contribution is -2.43. The summed E-state index contributed by atoms with van der Waals surface area (Å²) in [5.41, 5.74) is 0.378. The molecule has 0 spiro atoms. The number of carbonyl (C=O) groups excluding carboxylic acids is 1. The summed E-state index contributed by atoms with van der Waals surface area (Å²) < 4.78 is 59.4. The minimum atomic E-state index is -3.83. The van der Waals surface area contributed by atoms with E-state index in [4.69, 9.17) is 4.52 Å². The first-order valence-electron chi connectivity index (χ1n) is 9.39. The van der Waals surface area contributed by atoms with Gasteiger partial charge in [-0.25, -0.2) is 17.2 Å². The highest BCUT2D eigenvalue weighted by Crippen LogP contribution is 2.31. The molecule has 1 saturated heterocycles. The van der Waals surface area contributed by atoms with Gasteiger partial charge in [0.1, 0.15) is 15.8 Å². The molecule has 1 aliphatic rings. The highest BCUT2D eigenvalue weighted by molar-refractivity contribution is 7.91. The number of sulfonamides is 1. The van der Waals surface area contributed by atoms with E-state index in [1.807, 2.05) is 0 Å². The van der Waals surface area contributed by atoms with Crippen molar-refractivity contribution in [3.8, 4) is 11.4 Å². The molecule has 1 fully saturated rings. The predicted octanol–water partition coefficient (Wildman–Crippen LogP) is 3.42. The van der Waals surface area contributed by atoms with E-state index in [0.29, 0.717) is 36.2 Å². The van der Waals surface area contributed by atoms with E-state index in [2.05, 4.69) is 15.5 Å². The molecule has 31 heavy (non-hydrogen) atoms. The molecule has 3 aromatic rings. The van der Waals surface area contributed by atoms with Crippen LogP contribution in [0.5, 0.6) is 0 Å². The molecule has 1 atom stereocenters. The Morgan fingerprint density at radius 2 is 2.13 bits per heavy atom. The van der Waals surface area contributed by atoms with E-state index in [0.717, 1.165) is 23.5 Å². The second kappa shape index (κ2) is 8.44. The number of amides is 1. The standard InChI is InChI=1S/C19H18F2N4O4S2/c1-11-22-18(24-29-11)13-7-17(30-10-13)31(27,28)25-6-2-3-12(9-25)19(26)23-16-5-4-14(20)8-15(16)21/h4-5,7-8,10,12H,2-3,6,9H2,1H3,(H,23,26). The second-order valence-corrected chi connectivity index (χ2v) is 10.2.